The minimum atomic E-state index is -1.08. The van der Waals surface area contributed by atoms with Gasteiger partial charge in [0, 0.05) is 12.1 Å². The topological polar surface area (TPSA) is 79.3 Å². The van der Waals surface area contributed by atoms with Gasteiger partial charge in [-0.1, -0.05) is 27.7 Å². The van der Waals surface area contributed by atoms with Crippen molar-refractivity contribution in [2.24, 2.45) is 16.7 Å². The van der Waals surface area contributed by atoms with Crippen LogP contribution in [-0.4, -0.2) is 22.0 Å². The summed E-state index contributed by atoms with van der Waals surface area (Å²) in [5.74, 6) is -1.35. The lowest BCUT2D eigenvalue weighted by Gasteiger charge is -2.08. The summed E-state index contributed by atoms with van der Waals surface area (Å²) in [5, 5.41) is 11.7. The summed E-state index contributed by atoms with van der Waals surface area (Å²) >= 11 is 0. The Balaban J connectivity index is 2.20. The predicted molar refractivity (Wildman–Crippen MR) is 70.9 cm³/mol. The van der Waals surface area contributed by atoms with Crippen LogP contribution in [0.2, 0.25) is 0 Å². The number of rotatable bonds is 3. The molecule has 1 aromatic rings. The third-order valence-electron chi connectivity index (χ3n) is 4.59. The Bertz CT molecular complexity index is 535. The normalized spacial score (nSPS) is 19.8. The molecule has 1 aliphatic carbocycles. The number of nitrogens with one attached hydrogen (secondary N) is 1. The van der Waals surface area contributed by atoms with Gasteiger partial charge in [-0.3, -0.25) is 9.78 Å². The molecule has 0 bridgehead atoms. The SMILES string of the molecule is CC1(C)C(C(=O)Nc2cnccc2C(=O)O)C1(C)C. The van der Waals surface area contributed by atoms with Gasteiger partial charge in [0.1, 0.15) is 0 Å². The van der Waals surface area contributed by atoms with Gasteiger partial charge in [-0.15, -0.1) is 0 Å². The van der Waals surface area contributed by atoms with Crippen LogP contribution in [0.3, 0.4) is 0 Å². The van der Waals surface area contributed by atoms with Crippen molar-refractivity contribution in [1.82, 2.24) is 4.98 Å². The van der Waals surface area contributed by atoms with Crippen LogP contribution in [0.15, 0.2) is 18.5 Å². The number of carboxylic acid groups (broad SMARTS) is 1. The van der Waals surface area contributed by atoms with Gasteiger partial charge in [-0.05, 0) is 16.9 Å². The Hall–Kier alpha value is -1.91. The second-order valence-electron chi connectivity index (χ2n) is 6.09. The summed E-state index contributed by atoms with van der Waals surface area (Å²) in [6.45, 7) is 8.16. The van der Waals surface area contributed by atoms with E-state index in [1.807, 2.05) is 27.7 Å². The van der Waals surface area contributed by atoms with Gasteiger partial charge < -0.3 is 10.4 Å². The summed E-state index contributed by atoms with van der Waals surface area (Å²) in [5.41, 5.74) is 0.142. The molecular weight excluding hydrogens is 244 g/mol. The Morgan fingerprint density at radius 2 is 1.84 bits per heavy atom. The molecule has 1 fully saturated rings. The number of aromatic nitrogens is 1. The van der Waals surface area contributed by atoms with Crippen molar-refractivity contribution < 1.29 is 14.7 Å². The lowest BCUT2D eigenvalue weighted by atomic mass is 10.0. The molecule has 0 spiro atoms. The summed E-state index contributed by atoms with van der Waals surface area (Å²) in [4.78, 5) is 27.2. The molecule has 1 heterocycles. The van der Waals surface area contributed by atoms with Crippen molar-refractivity contribution in [3.8, 4) is 0 Å². The fraction of sp³-hybridized carbons (Fsp3) is 0.500. The van der Waals surface area contributed by atoms with E-state index in [2.05, 4.69) is 10.3 Å². The van der Waals surface area contributed by atoms with Crippen molar-refractivity contribution >= 4 is 17.6 Å². The van der Waals surface area contributed by atoms with Gasteiger partial charge in [0.15, 0.2) is 0 Å². The van der Waals surface area contributed by atoms with Crippen molar-refractivity contribution in [2.75, 3.05) is 5.32 Å². The Morgan fingerprint density at radius 1 is 1.26 bits per heavy atom. The van der Waals surface area contributed by atoms with Gasteiger partial charge >= 0.3 is 5.97 Å². The van der Waals surface area contributed by atoms with Crippen LogP contribution in [0.5, 0.6) is 0 Å². The summed E-state index contributed by atoms with van der Waals surface area (Å²) in [7, 11) is 0. The summed E-state index contributed by atoms with van der Waals surface area (Å²) in [6.07, 6.45) is 2.76. The number of carbonyl (C=O) groups excluding carboxylic acids is 1. The molecule has 0 saturated heterocycles. The largest absolute Gasteiger partial charge is 0.478 e. The zero-order chi connectivity index (χ0) is 14.4. The maximum atomic E-state index is 12.2. The van der Waals surface area contributed by atoms with Crippen molar-refractivity contribution in [3.05, 3.63) is 24.0 Å². The molecule has 0 atom stereocenters. The monoisotopic (exact) mass is 262 g/mol. The standard InChI is InChI=1S/C14H18N2O3/c1-13(2)10(14(13,3)4)11(17)16-9-7-15-6-5-8(9)12(18)19/h5-7,10H,1-4H3,(H,16,17)(H,18,19). The highest BCUT2D eigenvalue weighted by molar-refractivity contribution is 6.02. The van der Waals surface area contributed by atoms with E-state index in [0.717, 1.165) is 0 Å². The van der Waals surface area contributed by atoms with Gasteiger partial charge in [-0.25, -0.2) is 4.79 Å². The van der Waals surface area contributed by atoms with E-state index in [1.54, 1.807) is 0 Å². The Morgan fingerprint density at radius 3 is 2.32 bits per heavy atom. The number of carboxylic acids is 1. The minimum absolute atomic E-state index is 0.0552. The first-order chi connectivity index (χ1) is 8.69. The molecule has 102 valence electrons. The van der Waals surface area contributed by atoms with E-state index in [4.69, 9.17) is 5.11 Å². The predicted octanol–water partition coefficient (Wildman–Crippen LogP) is 2.40. The van der Waals surface area contributed by atoms with Gasteiger partial charge in [0.25, 0.3) is 0 Å². The second-order valence-corrected chi connectivity index (χ2v) is 6.09. The lowest BCUT2D eigenvalue weighted by molar-refractivity contribution is -0.118. The molecule has 0 unspecified atom stereocenters. The van der Waals surface area contributed by atoms with E-state index in [-0.39, 0.29) is 33.9 Å². The molecule has 0 aliphatic heterocycles. The molecule has 1 aliphatic rings. The van der Waals surface area contributed by atoms with E-state index in [0.29, 0.717) is 0 Å². The number of amides is 1. The Kier molecular flexibility index (Phi) is 2.88. The number of hydrogen-bond acceptors (Lipinski definition) is 3. The molecule has 1 amide bonds. The molecule has 0 radical (unpaired) electrons. The minimum Gasteiger partial charge on any atom is -0.478 e. The zero-order valence-corrected chi connectivity index (χ0v) is 11.5. The average molecular weight is 262 g/mol. The van der Waals surface area contributed by atoms with Crippen molar-refractivity contribution in [2.45, 2.75) is 27.7 Å². The first-order valence-electron chi connectivity index (χ1n) is 6.17. The number of aromatic carboxylic acids is 1. The number of anilines is 1. The van der Waals surface area contributed by atoms with Crippen LogP contribution in [0.25, 0.3) is 0 Å². The fourth-order valence-electron chi connectivity index (χ4n) is 2.74. The van der Waals surface area contributed by atoms with E-state index >= 15 is 0 Å². The van der Waals surface area contributed by atoms with E-state index in [9.17, 15) is 9.59 Å². The lowest BCUT2D eigenvalue weighted by Crippen LogP contribution is -2.19. The van der Waals surface area contributed by atoms with Crippen LogP contribution < -0.4 is 5.32 Å². The molecule has 2 rings (SSSR count). The zero-order valence-electron chi connectivity index (χ0n) is 11.5. The van der Waals surface area contributed by atoms with Crippen molar-refractivity contribution in [1.29, 1.82) is 0 Å². The number of nitrogens with zero attached hydrogens (tertiary/aromatic N) is 1. The van der Waals surface area contributed by atoms with Gasteiger partial charge in [0.05, 0.1) is 17.4 Å². The van der Waals surface area contributed by atoms with Crippen LogP contribution in [-0.2, 0) is 4.79 Å². The van der Waals surface area contributed by atoms with Crippen LogP contribution in [0, 0.1) is 16.7 Å². The number of hydrogen-bond donors (Lipinski definition) is 2. The third kappa shape index (κ3) is 1.99. The molecule has 2 N–H and O–H groups in total. The third-order valence-corrected chi connectivity index (χ3v) is 4.59. The number of carbonyl (C=O) groups is 2. The van der Waals surface area contributed by atoms with Crippen molar-refractivity contribution in [3.63, 3.8) is 0 Å². The molecule has 19 heavy (non-hydrogen) atoms. The Labute approximate surface area is 112 Å². The molecule has 0 aromatic carbocycles. The summed E-state index contributed by atoms with van der Waals surface area (Å²) < 4.78 is 0. The summed E-state index contributed by atoms with van der Waals surface area (Å²) in [6, 6.07) is 1.38. The van der Waals surface area contributed by atoms with Crippen LogP contribution in [0.1, 0.15) is 38.1 Å². The van der Waals surface area contributed by atoms with Crippen LogP contribution in [0.4, 0.5) is 5.69 Å². The van der Waals surface area contributed by atoms with Crippen LogP contribution >= 0.6 is 0 Å². The maximum absolute atomic E-state index is 12.2. The molecule has 1 aromatic heterocycles. The first-order valence-corrected chi connectivity index (χ1v) is 6.17. The average Bonchev–Trinajstić information content (AvgIpc) is 2.69. The van der Waals surface area contributed by atoms with Gasteiger partial charge in [-0.2, -0.15) is 0 Å². The van der Waals surface area contributed by atoms with Gasteiger partial charge in [0.2, 0.25) is 5.91 Å². The quantitative estimate of drug-likeness (QED) is 0.876. The molecule has 5 heteroatoms. The first kappa shape index (κ1) is 13.5. The van der Waals surface area contributed by atoms with E-state index in [1.165, 1.54) is 18.5 Å². The maximum Gasteiger partial charge on any atom is 0.337 e. The molecular formula is C14H18N2O3. The highest BCUT2D eigenvalue weighted by atomic mass is 16.4. The smallest absolute Gasteiger partial charge is 0.337 e. The molecule has 1 saturated carbocycles. The number of pyridine rings is 1. The highest BCUT2D eigenvalue weighted by Crippen LogP contribution is 2.68. The second kappa shape index (κ2) is 4.05. The van der Waals surface area contributed by atoms with E-state index < -0.39 is 5.97 Å². The highest BCUT2D eigenvalue weighted by Gasteiger charge is 2.68. The molecule has 5 nitrogen and oxygen atoms in total. The fourth-order valence-corrected chi connectivity index (χ4v) is 2.74.